The van der Waals surface area contributed by atoms with Gasteiger partial charge < -0.3 is 9.84 Å². The molecule has 0 aromatic heterocycles. The van der Waals surface area contributed by atoms with Crippen molar-refractivity contribution in [3.05, 3.63) is 65.2 Å². The van der Waals surface area contributed by atoms with Gasteiger partial charge in [-0.25, -0.2) is 0 Å². The first-order valence-corrected chi connectivity index (χ1v) is 6.85. The highest BCUT2D eigenvalue weighted by molar-refractivity contribution is 5.44. The molecule has 0 aliphatic carbocycles. The van der Waals surface area contributed by atoms with E-state index in [-0.39, 0.29) is 5.41 Å². The van der Waals surface area contributed by atoms with Gasteiger partial charge in [-0.2, -0.15) is 0 Å². The van der Waals surface area contributed by atoms with E-state index in [0.29, 0.717) is 5.75 Å². The monoisotopic (exact) mass is 270 g/mol. The Kier molecular flexibility index (Phi) is 4.15. The molecule has 2 aromatic rings. The lowest BCUT2D eigenvalue weighted by Crippen LogP contribution is -2.16. The van der Waals surface area contributed by atoms with Crippen molar-refractivity contribution in [2.45, 2.75) is 32.3 Å². The summed E-state index contributed by atoms with van der Waals surface area (Å²) in [6, 6.07) is 15.6. The van der Waals surface area contributed by atoms with Gasteiger partial charge in [-0.1, -0.05) is 63.2 Å². The molecule has 1 atom stereocenters. The largest absolute Gasteiger partial charge is 0.496 e. The minimum absolute atomic E-state index is 0.0143. The van der Waals surface area contributed by atoms with Crippen LogP contribution in [0.1, 0.15) is 43.6 Å². The Morgan fingerprint density at radius 1 is 0.900 bits per heavy atom. The third kappa shape index (κ3) is 2.86. The molecule has 0 saturated carbocycles. The number of benzene rings is 2. The Morgan fingerprint density at radius 2 is 1.45 bits per heavy atom. The maximum absolute atomic E-state index is 10.8. The van der Waals surface area contributed by atoms with E-state index in [4.69, 9.17) is 4.74 Å². The first-order valence-electron chi connectivity index (χ1n) is 6.85. The van der Waals surface area contributed by atoms with Gasteiger partial charge in [-0.3, -0.25) is 0 Å². The number of aliphatic hydroxyl groups is 1. The summed E-state index contributed by atoms with van der Waals surface area (Å²) in [6.45, 7) is 6.46. The molecule has 0 aliphatic heterocycles. The second kappa shape index (κ2) is 5.68. The zero-order chi connectivity index (χ0) is 14.8. The molecule has 0 saturated heterocycles. The molecule has 0 fully saturated rings. The first kappa shape index (κ1) is 14.6. The number of aliphatic hydroxyl groups excluding tert-OH is 1. The molecule has 106 valence electrons. The normalized spacial score (nSPS) is 13.1. The van der Waals surface area contributed by atoms with Crippen LogP contribution < -0.4 is 4.74 Å². The number of ether oxygens (including phenoxy) is 1. The van der Waals surface area contributed by atoms with Crippen LogP contribution in [0.4, 0.5) is 0 Å². The fourth-order valence-electron chi connectivity index (χ4n) is 2.48. The Balaban J connectivity index is 2.52. The van der Waals surface area contributed by atoms with Gasteiger partial charge in [-0.05, 0) is 22.6 Å². The van der Waals surface area contributed by atoms with Crippen LogP contribution in [0.2, 0.25) is 0 Å². The summed E-state index contributed by atoms with van der Waals surface area (Å²) in [4.78, 5) is 0. The van der Waals surface area contributed by atoms with Crippen molar-refractivity contribution in [2.24, 2.45) is 0 Å². The number of hydrogen-bond acceptors (Lipinski definition) is 2. The number of methoxy groups -OCH3 is 1. The molecular weight excluding hydrogens is 248 g/mol. The number of hydrogen-bond donors (Lipinski definition) is 1. The second-order valence-electron chi connectivity index (χ2n) is 5.98. The third-order valence-electron chi connectivity index (χ3n) is 3.50. The van der Waals surface area contributed by atoms with Crippen molar-refractivity contribution in [3.8, 4) is 5.75 Å². The maximum atomic E-state index is 10.8. The maximum Gasteiger partial charge on any atom is 0.125 e. The molecule has 0 spiro atoms. The Bertz CT molecular complexity index is 582. The fourth-order valence-corrected chi connectivity index (χ4v) is 2.48. The summed E-state index contributed by atoms with van der Waals surface area (Å²) in [5.74, 6) is 0.712. The zero-order valence-electron chi connectivity index (χ0n) is 12.6. The van der Waals surface area contributed by atoms with Crippen molar-refractivity contribution in [1.29, 1.82) is 0 Å². The van der Waals surface area contributed by atoms with Gasteiger partial charge >= 0.3 is 0 Å². The summed E-state index contributed by atoms with van der Waals surface area (Å²) in [7, 11) is 1.63. The average Bonchev–Trinajstić information content (AvgIpc) is 2.45. The van der Waals surface area contributed by atoms with Crippen molar-refractivity contribution in [3.63, 3.8) is 0 Å². The van der Waals surface area contributed by atoms with Gasteiger partial charge in [0, 0.05) is 5.56 Å². The van der Waals surface area contributed by atoms with Crippen LogP contribution in [0.15, 0.2) is 48.5 Å². The molecule has 1 N–H and O–H groups in total. The molecule has 2 heteroatoms. The molecule has 0 amide bonds. The number of para-hydroxylation sites is 1. The topological polar surface area (TPSA) is 29.5 Å². The molecule has 0 aliphatic rings. The summed E-state index contributed by atoms with van der Waals surface area (Å²) >= 11 is 0. The molecule has 20 heavy (non-hydrogen) atoms. The minimum atomic E-state index is -0.679. The molecule has 0 radical (unpaired) electrons. The average molecular weight is 270 g/mol. The highest BCUT2D eigenvalue weighted by atomic mass is 16.5. The van der Waals surface area contributed by atoms with Crippen LogP contribution in [0.25, 0.3) is 0 Å². The van der Waals surface area contributed by atoms with E-state index < -0.39 is 6.10 Å². The highest BCUT2D eigenvalue weighted by Gasteiger charge is 2.23. The van der Waals surface area contributed by atoms with Gasteiger partial charge in [0.25, 0.3) is 0 Å². The lowest BCUT2D eigenvalue weighted by molar-refractivity contribution is 0.212. The Labute approximate surface area is 121 Å². The molecule has 2 rings (SSSR count). The fraction of sp³-hybridized carbons (Fsp3) is 0.333. The second-order valence-corrected chi connectivity index (χ2v) is 5.98. The van der Waals surface area contributed by atoms with Gasteiger partial charge in [0.1, 0.15) is 11.9 Å². The standard InChI is InChI=1S/C18H22O2/c1-18(2,3)15-11-7-5-9-13(15)17(19)14-10-6-8-12-16(14)20-4/h5-12,17,19H,1-4H3. The van der Waals surface area contributed by atoms with E-state index in [1.54, 1.807) is 7.11 Å². The van der Waals surface area contributed by atoms with Crippen LogP contribution in [0, 0.1) is 0 Å². The summed E-state index contributed by atoms with van der Waals surface area (Å²) in [5.41, 5.74) is 2.87. The van der Waals surface area contributed by atoms with Crippen molar-refractivity contribution in [1.82, 2.24) is 0 Å². The lowest BCUT2D eigenvalue weighted by atomic mass is 9.81. The number of rotatable bonds is 3. The van der Waals surface area contributed by atoms with E-state index >= 15 is 0 Å². The Morgan fingerprint density at radius 3 is 2.05 bits per heavy atom. The van der Waals surface area contributed by atoms with E-state index in [1.165, 1.54) is 0 Å². The molecular formula is C18H22O2. The van der Waals surface area contributed by atoms with E-state index in [2.05, 4.69) is 26.8 Å². The SMILES string of the molecule is COc1ccccc1C(O)c1ccccc1C(C)(C)C. The predicted molar refractivity (Wildman–Crippen MR) is 82.2 cm³/mol. The molecule has 1 unspecified atom stereocenters. The minimum Gasteiger partial charge on any atom is -0.496 e. The molecule has 2 aromatic carbocycles. The van der Waals surface area contributed by atoms with E-state index in [1.807, 2.05) is 42.5 Å². The van der Waals surface area contributed by atoms with Crippen molar-refractivity contribution in [2.75, 3.05) is 7.11 Å². The van der Waals surface area contributed by atoms with Gasteiger partial charge in [0.2, 0.25) is 0 Å². The first-order chi connectivity index (χ1) is 9.45. The van der Waals surface area contributed by atoms with E-state index in [0.717, 1.165) is 16.7 Å². The van der Waals surface area contributed by atoms with Crippen molar-refractivity contribution >= 4 is 0 Å². The molecule has 2 nitrogen and oxygen atoms in total. The van der Waals surface area contributed by atoms with Crippen LogP contribution >= 0.6 is 0 Å². The highest BCUT2D eigenvalue weighted by Crippen LogP contribution is 2.35. The summed E-state index contributed by atoms with van der Waals surface area (Å²) < 4.78 is 5.35. The van der Waals surface area contributed by atoms with Crippen LogP contribution in [-0.4, -0.2) is 12.2 Å². The molecule has 0 bridgehead atoms. The zero-order valence-corrected chi connectivity index (χ0v) is 12.6. The third-order valence-corrected chi connectivity index (χ3v) is 3.50. The van der Waals surface area contributed by atoms with Gasteiger partial charge in [0.05, 0.1) is 7.11 Å². The van der Waals surface area contributed by atoms with Gasteiger partial charge in [0.15, 0.2) is 0 Å². The van der Waals surface area contributed by atoms with Crippen molar-refractivity contribution < 1.29 is 9.84 Å². The summed E-state index contributed by atoms with van der Waals surface area (Å²) in [6.07, 6.45) is -0.679. The predicted octanol–water partition coefficient (Wildman–Crippen LogP) is 4.07. The van der Waals surface area contributed by atoms with Crippen LogP contribution in [-0.2, 0) is 5.41 Å². The van der Waals surface area contributed by atoms with Crippen LogP contribution in [0.3, 0.4) is 0 Å². The van der Waals surface area contributed by atoms with E-state index in [9.17, 15) is 5.11 Å². The Hall–Kier alpha value is -1.80. The molecule has 0 heterocycles. The summed E-state index contributed by atoms with van der Waals surface area (Å²) in [5, 5.41) is 10.8. The lowest BCUT2D eigenvalue weighted by Gasteiger charge is -2.26. The quantitative estimate of drug-likeness (QED) is 0.910. The van der Waals surface area contributed by atoms with Gasteiger partial charge in [-0.15, -0.1) is 0 Å². The van der Waals surface area contributed by atoms with Crippen LogP contribution in [0.5, 0.6) is 5.75 Å². The smallest absolute Gasteiger partial charge is 0.125 e.